The Morgan fingerprint density at radius 1 is 1.32 bits per heavy atom. The average Bonchev–Trinajstić information content (AvgIpc) is 2.45. The van der Waals surface area contributed by atoms with Gasteiger partial charge in [-0.25, -0.2) is 4.79 Å². The van der Waals surface area contributed by atoms with E-state index in [0.717, 1.165) is 45.4 Å². The van der Waals surface area contributed by atoms with Crippen LogP contribution in [0.1, 0.15) is 46.5 Å². The Labute approximate surface area is 132 Å². The molecule has 2 amide bonds. The fourth-order valence-electron chi connectivity index (χ4n) is 2.89. The van der Waals surface area contributed by atoms with Gasteiger partial charge >= 0.3 is 6.09 Å². The first-order valence-electron chi connectivity index (χ1n) is 8.31. The molecule has 2 aliphatic rings. The van der Waals surface area contributed by atoms with E-state index in [0.29, 0.717) is 18.4 Å². The van der Waals surface area contributed by atoms with Crippen molar-refractivity contribution in [3.05, 3.63) is 0 Å². The van der Waals surface area contributed by atoms with E-state index in [1.54, 1.807) is 0 Å². The number of carbonyl (C=O) groups excluding carboxylic acids is 2. The summed E-state index contributed by atoms with van der Waals surface area (Å²) in [6, 6.07) is 0.390. The van der Waals surface area contributed by atoms with E-state index in [-0.39, 0.29) is 12.0 Å². The molecule has 0 aromatic heterocycles. The smallest absolute Gasteiger partial charge is 0.410 e. The first-order valence-corrected chi connectivity index (χ1v) is 8.31. The van der Waals surface area contributed by atoms with Crippen LogP contribution in [0.2, 0.25) is 0 Å². The predicted molar refractivity (Wildman–Crippen MR) is 84.6 cm³/mol. The molecule has 6 heteroatoms. The number of nitrogens with zero attached hydrogens (tertiary/aromatic N) is 1. The van der Waals surface area contributed by atoms with Crippen LogP contribution < -0.4 is 10.6 Å². The summed E-state index contributed by atoms with van der Waals surface area (Å²) in [4.78, 5) is 24.9. The number of piperidine rings is 2. The summed E-state index contributed by atoms with van der Waals surface area (Å²) >= 11 is 0. The molecule has 1 unspecified atom stereocenters. The molecule has 0 aliphatic carbocycles. The van der Waals surface area contributed by atoms with Crippen molar-refractivity contribution in [3.63, 3.8) is 0 Å². The van der Waals surface area contributed by atoms with Crippen LogP contribution in [0.15, 0.2) is 0 Å². The van der Waals surface area contributed by atoms with Gasteiger partial charge in [-0.3, -0.25) is 4.79 Å². The zero-order valence-corrected chi connectivity index (χ0v) is 14.0. The monoisotopic (exact) mass is 311 g/mol. The van der Waals surface area contributed by atoms with Crippen molar-refractivity contribution in [1.82, 2.24) is 15.5 Å². The summed E-state index contributed by atoms with van der Waals surface area (Å²) in [5.41, 5.74) is -0.430. The van der Waals surface area contributed by atoms with Gasteiger partial charge in [-0.1, -0.05) is 0 Å². The van der Waals surface area contributed by atoms with E-state index < -0.39 is 5.60 Å². The highest BCUT2D eigenvalue weighted by Gasteiger charge is 2.27. The van der Waals surface area contributed by atoms with E-state index >= 15 is 0 Å². The Morgan fingerprint density at radius 3 is 2.55 bits per heavy atom. The van der Waals surface area contributed by atoms with Crippen LogP contribution in [0.3, 0.4) is 0 Å². The number of likely N-dealkylation sites (tertiary alicyclic amines) is 1. The Balaban J connectivity index is 1.65. The SMILES string of the molecule is CC(C)(C)OC(=O)N1CCC(CNC2CCC(=O)NC2)CC1. The lowest BCUT2D eigenvalue weighted by atomic mass is 9.96. The van der Waals surface area contributed by atoms with Crippen molar-refractivity contribution < 1.29 is 14.3 Å². The van der Waals surface area contributed by atoms with Crippen LogP contribution in [0.5, 0.6) is 0 Å². The molecule has 2 fully saturated rings. The number of nitrogens with one attached hydrogen (secondary N) is 2. The van der Waals surface area contributed by atoms with Gasteiger partial charge in [0.2, 0.25) is 5.91 Å². The van der Waals surface area contributed by atoms with Crippen molar-refractivity contribution >= 4 is 12.0 Å². The zero-order chi connectivity index (χ0) is 16.2. The van der Waals surface area contributed by atoms with E-state index in [4.69, 9.17) is 4.74 Å². The lowest BCUT2D eigenvalue weighted by molar-refractivity contribution is -0.122. The van der Waals surface area contributed by atoms with Crippen molar-refractivity contribution in [3.8, 4) is 0 Å². The Hall–Kier alpha value is -1.30. The second kappa shape index (κ2) is 7.31. The number of rotatable bonds is 3. The van der Waals surface area contributed by atoms with Crippen LogP contribution in [0.25, 0.3) is 0 Å². The molecule has 6 nitrogen and oxygen atoms in total. The fourth-order valence-corrected chi connectivity index (χ4v) is 2.89. The largest absolute Gasteiger partial charge is 0.444 e. The molecule has 2 N–H and O–H groups in total. The van der Waals surface area contributed by atoms with Crippen molar-refractivity contribution in [1.29, 1.82) is 0 Å². The molecule has 1 atom stereocenters. The van der Waals surface area contributed by atoms with Gasteiger partial charge < -0.3 is 20.3 Å². The molecule has 0 saturated carbocycles. The number of amides is 2. The summed E-state index contributed by atoms with van der Waals surface area (Å²) in [7, 11) is 0. The van der Waals surface area contributed by atoms with E-state index in [9.17, 15) is 9.59 Å². The third kappa shape index (κ3) is 5.48. The minimum atomic E-state index is -0.430. The summed E-state index contributed by atoms with van der Waals surface area (Å²) in [5.74, 6) is 0.750. The van der Waals surface area contributed by atoms with Crippen molar-refractivity contribution in [2.45, 2.75) is 58.1 Å². The molecule has 2 heterocycles. The molecular formula is C16H29N3O3. The minimum Gasteiger partial charge on any atom is -0.444 e. The molecule has 0 spiro atoms. The molecule has 2 rings (SSSR count). The van der Waals surface area contributed by atoms with Crippen LogP contribution in [-0.4, -0.2) is 54.7 Å². The molecular weight excluding hydrogens is 282 g/mol. The average molecular weight is 311 g/mol. The lowest BCUT2D eigenvalue weighted by Gasteiger charge is -2.34. The summed E-state index contributed by atoms with van der Waals surface area (Å²) in [6.07, 6.45) is 3.35. The maximum absolute atomic E-state index is 12.0. The maximum atomic E-state index is 12.0. The lowest BCUT2D eigenvalue weighted by Crippen LogP contribution is -2.48. The number of hydrogen-bond acceptors (Lipinski definition) is 4. The van der Waals surface area contributed by atoms with E-state index in [1.807, 2.05) is 25.7 Å². The normalized spacial score (nSPS) is 24.0. The quantitative estimate of drug-likeness (QED) is 0.829. The van der Waals surface area contributed by atoms with Gasteiger partial charge in [0.25, 0.3) is 0 Å². The molecule has 22 heavy (non-hydrogen) atoms. The maximum Gasteiger partial charge on any atom is 0.410 e. The van der Waals surface area contributed by atoms with Gasteiger partial charge in [0.05, 0.1) is 0 Å². The first kappa shape index (κ1) is 17.1. The van der Waals surface area contributed by atoms with Gasteiger partial charge in [-0.2, -0.15) is 0 Å². The summed E-state index contributed by atoms with van der Waals surface area (Å²) < 4.78 is 5.41. The topological polar surface area (TPSA) is 70.7 Å². The van der Waals surface area contributed by atoms with Crippen LogP contribution >= 0.6 is 0 Å². The number of ether oxygens (including phenoxy) is 1. The Kier molecular flexibility index (Phi) is 5.67. The number of carbonyl (C=O) groups is 2. The second-order valence-corrected chi connectivity index (χ2v) is 7.36. The summed E-state index contributed by atoms with van der Waals surface area (Å²) in [6.45, 7) is 8.91. The van der Waals surface area contributed by atoms with Crippen LogP contribution in [0.4, 0.5) is 4.79 Å². The molecule has 0 bridgehead atoms. The molecule has 0 aromatic rings. The van der Waals surface area contributed by atoms with Crippen molar-refractivity contribution in [2.75, 3.05) is 26.2 Å². The van der Waals surface area contributed by atoms with E-state index in [1.165, 1.54) is 0 Å². The minimum absolute atomic E-state index is 0.156. The molecule has 0 aromatic carbocycles. The third-order valence-electron chi connectivity index (χ3n) is 4.23. The second-order valence-electron chi connectivity index (χ2n) is 7.36. The highest BCUT2D eigenvalue weighted by Crippen LogP contribution is 2.19. The van der Waals surface area contributed by atoms with Gasteiger partial charge in [-0.15, -0.1) is 0 Å². The standard InChI is InChI=1S/C16H29N3O3/c1-16(2,3)22-15(21)19-8-6-12(7-9-19)10-17-13-4-5-14(20)18-11-13/h12-13,17H,4-11H2,1-3H3,(H,18,20). The molecule has 0 radical (unpaired) electrons. The van der Waals surface area contributed by atoms with Crippen molar-refractivity contribution in [2.24, 2.45) is 5.92 Å². The Bertz CT molecular complexity index is 388. The first-order chi connectivity index (χ1) is 10.3. The Morgan fingerprint density at radius 2 is 2.00 bits per heavy atom. The van der Waals surface area contributed by atoms with Gasteiger partial charge in [0.1, 0.15) is 5.60 Å². The molecule has 2 aliphatic heterocycles. The highest BCUT2D eigenvalue weighted by molar-refractivity contribution is 5.76. The highest BCUT2D eigenvalue weighted by atomic mass is 16.6. The number of hydrogen-bond donors (Lipinski definition) is 2. The fraction of sp³-hybridized carbons (Fsp3) is 0.875. The molecule has 2 saturated heterocycles. The van der Waals surface area contributed by atoms with Crippen LogP contribution in [-0.2, 0) is 9.53 Å². The predicted octanol–water partition coefficient (Wildman–Crippen LogP) is 1.50. The molecule has 126 valence electrons. The van der Waals surface area contributed by atoms with Gasteiger partial charge in [0.15, 0.2) is 0 Å². The van der Waals surface area contributed by atoms with Crippen LogP contribution in [0, 0.1) is 5.92 Å². The van der Waals surface area contributed by atoms with Gasteiger partial charge in [-0.05, 0) is 52.5 Å². The van der Waals surface area contributed by atoms with Gasteiger partial charge in [0, 0.05) is 32.1 Å². The zero-order valence-electron chi connectivity index (χ0n) is 14.0. The third-order valence-corrected chi connectivity index (χ3v) is 4.23. The van der Waals surface area contributed by atoms with E-state index in [2.05, 4.69) is 10.6 Å². The summed E-state index contributed by atoms with van der Waals surface area (Å²) in [5, 5.41) is 6.44.